The third kappa shape index (κ3) is 2.49. The van der Waals surface area contributed by atoms with Crippen LogP contribution in [-0.4, -0.2) is 27.3 Å². The van der Waals surface area contributed by atoms with Gasteiger partial charge in [0.1, 0.15) is 16.8 Å². The number of aromatic carboxylic acids is 2. The van der Waals surface area contributed by atoms with E-state index in [9.17, 15) is 34.1 Å². The highest BCUT2D eigenvalue weighted by Gasteiger charge is 2.24. The van der Waals surface area contributed by atoms with Gasteiger partial charge in [-0.05, 0) is 18.2 Å². The highest BCUT2D eigenvalue weighted by molar-refractivity contribution is 6.02. The molecular formula is C17H9FO7. The van der Waals surface area contributed by atoms with E-state index in [-0.39, 0.29) is 11.1 Å². The van der Waals surface area contributed by atoms with Crippen LogP contribution in [0.5, 0.6) is 5.75 Å². The molecule has 1 aromatic heterocycles. The monoisotopic (exact) mass is 344 g/mol. The predicted molar refractivity (Wildman–Crippen MR) is 83.5 cm³/mol. The molecule has 3 N–H and O–H groups in total. The highest BCUT2D eigenvalue weighted by Crippen LogP contribution is 2.34. The quantitative estimate of drug-likeness (QED) is 0.667. The van der Waals surface area contributed by atoms with Crippen LogP contribution in [-0.2, 0) is 0 Å². The van der Waals surface area contributed by atoms with E-state index in [4.69, 9.17) is 4.42 Å². The summed E-state index contributed by atoms with van der Waals surface area (Å²) in [6.07, 6.45) is 0. The fourth-order valence-electron chi connectivity index (χ4n) is 2.47. The number of rotatable bonds is 3. The second-order valence-electron chi connectivity index (χ2n) is 5.06. The molecule has 7 nitrogen and oxygen atoms in total. The van der Waals surface area contributed by atoms with E-state index in [1.165, 1.54) is 24.3 Å². The van der Waals surface area contributed by atoms with E-state index in [2.05, 4.69) is 0 Å². The van der Waals surface area contributed by atoms with Crippen LogP contribution >= 0.6 is 0 Å². The molecule has 0 aliphatic heterocycles. The minimum absolute atomic E-state index is 0.146. The maximum atomic E-state index is 14.0. The Balaban J connectivity index is 2.49. The van der Waals surface area contributed by atoms with Gasteiger partial charge >= 0.3 is 11.9 Å². The van der Waals surface area contributed by atoms with E-state index >= 15 is 0 Å². The van der Waals surface area contributed by atoms with E-state index in [0.717, 1.165) is 12.1 Å². The Morgan fingerprint density at radius 3 is 2.24 bits per heavy atom. The molecule has 0 amide bonds. The van der Waals surface area contributed by atoms with Crippen LogP contribution < -0.4 is 5.43 Å². The van der Waals surface area contributed by atoms with Crippen molar-refractivity contribution in [2.45, 2.75) is 0 Å². The molecule has 2 aromatic carbocycles. The van der Waals surface area contributed by atoms with Crippen molar-refractivity contribution in [1.29, 1.82) is 0 Å². The van der Waals surface area contributed by atoms with Crippen molar-refractivity contribution >= 4 is 22.9 Å². The lowest BCUT2D eigenvalue weighted by Crippen LogP contribution is -2.09. The summed E-state index contributed by atoms with van der Waals surface area (Å²) in [5, 5.41) is 27.8. The first kappa shape index (κ1) is 16.2. The molecule has 0 spiro atoms. The number of fused-ring (bicyclic) bond motifs is 1. The van der Waals surface area contributed by atoms with Gasteiger partial charge in [0.25, 0.3) is 0 Å². The molecule has 0 saturated heterocycles. The molecule has 1 heterocycles. The number of hydrogen-bond acceptors (Lipinski definition) is 5. The Morgan fingerprint density at radius 1 is 0.960 bits per heavy atom. The lowest BCUT2D eigenvalue weighted by atomic mass is 10.0. The van der Waals surface area contributed by atoms with Crippen molar-refractivity contribution in [3.8, 4) is 17.1 Å². The topological polar surface area (TPSA) is 125 Å². The molecule has 25 heavy (non-hydrogen) atoms. The summed E-state index contributed by atoms with van der Waals surface area (Å²) in [6, 6.07) is 7.03. The van der Waals surface area contributed by atoms with Gasteiger partial charge in [-0.25, -0.2) is 14.0 Å². The van der Waals surface area contributed by atoms with Gasteiger partial charge in [-0.2, -0.15) is 0 Å². The largest absolute Gasteiger partial charge is 0.502 e. The molecule has 3 rings (SSSR count). The number of carbonyl (C=O) groups is 2. The number of hydrogen-bond donors (Lipinski definition) is 3. The number of carboxylic acid groups (broad SMARTS) is 2. The molecule has 0 bridgehead atoms. The maximum absolute atomic E-state index is 14.0. The van der Waals surface area contributed by atoms with Gasteiger partial charge in [0.2, 0.25) is 11.2 Å². The van der Waals surface area contributed by atoms with E-state index < -0.39 is 51.2 Å². The molecular weight excluding hydrogens is 335 g/mol. The number of aromatic hydroxyl groups is 1. The fraction of sp³-hybridized carbons (Fsp3) is 0. The van der Waals surface area contributed by atoms with Crippen molar-refractivity contribution in [3.63, 3.8) is 0 Å². The Bertz CT molecular complexity index is 1100. The molecule has 0 radical (unpaired) electrons. The molecule has 0 aliphatic rings. The predicted octanol–water partition coefficient (Wildman–Crippen LogP) is 2.70. The lowest BCUT2D eigenvalue weighted by Gasteiger charge is -2.10. The van der Waals surface area contributed by atoms with Crippen molar-refractivity contribution in [2.24, 2.45) is 0 Å². The Morgan fingerprint density at radius 2 is 1.60 bits per heavy atom. The van der Waals surface area contributed by atoms with Crippen molar-refractivity contribution in [3.05, 3.63) is 63.6 Å². The second kappa shape index (κ2) is 5.75. The van der Waals surface area contributed by atoms with Gasteiger partial charge in [-0.3, -0.25) is 4.79 Å². The summed E-state index contributed by atoms with van der Waals surface area (Å²) in [4.78, 5) is 34.9. The first-order valence-electron chi connectivity index (χ1n) is 6.87. The third-order valence-corrected chi connectivity index (χ3v) is 3.60. The third-order valence-electron chi connectivity index (χ3n) is 3.60. The van der Waals surface area contributed by atoms with Gasteiger partial charge in [0.15, 0.2) is 11.3 Å². The molecule has 0 atom stereocenters. The summed E-state index contributed by atoms with van der Waals surface area (Å²) in [7, 11) is 0. The summed E-state index contributed by atoms with van der Waals surface area (Å²) in [5.41, 5.74) is -2.72. The van der Waals surface area contributed by atoms with E-state index in [0.29, 0.717) is 0 Å². The molecule has 0 unspecified atom stereocenters. The minimum Gasteiger partial charge on any atom is -0.502 e. The summed E-state index contributed by atoms with van der Waals surface area (Å²) < 4.78 is 19.2. The normalized spacial score (nSPS) is 10.8. The molecule has 126 valence electrons. The zero-order valence-electron chi connectivity index (χ0n) is 12.3. The zero-order valence-corrected chi connectivity index (χ0v) is 12.3. The molecule has 0 aliphatic carbocycles. The van der Waals surface area contributed by atoms with E-state index in [1.54, 1.807) is 0 Å². The van der Waals surface area contributed by atoms with Crippen LogP contribution in [0.3, 0.4) is 0 Å². The van der Waals surface area contributed by atoms with Crippen LogP contribution in [0.15, 0.2) is 45.6 Å². The van der Waals surface area contributed by atoms with Gasteiger partial charge in [0, 0.05) is 5.56 Å². The molecule has 8 heteroatoms. The Labute approximate surface area is 138 Å². The zero-order chi connectivity index (χ0) is 18.3. The Kier molecular flexibility index (Phi) is 3.72. The summed E-state index contributed by atoms with van der Waals surface area (Å²) >= 11 is 0. The average Bonchev–Trinajstić information content (AvgIpc) is 2.57. The number of benzene rings is 2. The van der Waals surface area contributed by atoms with Crippen LogP contribution in [0.25, 0.3) is 22.3 Å². The van der Waals surface area contributed by atoms with Crippen molar-refractivity contribution in [1.82, 2.24) is 0 Å². The molecule has 0 saturated carbocycles. The number of halogens is 1. The minimum atomic E-state index is -1.48. The van der Waals surface area contributed by atoms with Crippen LogP contribution in [0.4, 0.5) is 4.39 Å². The summed E-state index contributed by atoms with van der Waals surface area (Å²) in [6.45, 7) is 0. The number of carboxylic acids is 2. The highest BCUT2D eigenvalue weighted by atomic mass is 19.1. The van der Waals surface area contributed by atoms with Crippen LogP contribution in [0.2, 0.25) is 0 Å². The van der Waals surface area contributed by atoms with Gasteiger partial charge in [-0.15, -0.1) is 0 Å². The Hall–Kier alpha value is -3.68. The molecule has 0 fully saturated rings. The lowest BCUT2D eigenvalue weighted by molar-refractivity contribution is 0.0686. The standard InChI is InChI=1S/C17H9FO7/c18-10-6-5-9(17(23)24)14-11(10)12(19)13(20)15(25-14)7-3-1-2-4-8(7)16(21)22/h1-6,20H,(H,21,22)(H,23,24). The first-order chi connectivity index (χ1) is 11.8. The summed E-state index contributed by atoms with van der Waals surface area (Å²) in [5.74, 6) is -5.46. The van der Waals surface area contributed by atoms with E-state index in [1.807, 2.05) is 0 Å². The SMILES string of the molecule is O=C(O)c1ccccc1-c1oc2c(C(=O)O)ccc(F)c2c(=O)c1O. The van der Waals surface area contributed by atoms with Crippen LogP contribution in [0, 0.1) is 5.82 Å². The van der Waals surface area contributed by atoms with Gasteiger partial charge < -0.3 is 19.7 Å². The smallest absolute Gasteiger partial charge is 0.339 e. The van der Waals surface area contributed by atoms with Crippen LogP contribution in [0.1, 0.15) is 20.7 Å². The fourth-order valence-corrected chi connectivity index (χ4v) is 2.47. The van der Waals surface area contributed by atoms with Crippen molar-refractivity contribution in [2.75, 3.05) is 0 Å². The average molecular weight is 344 g/mol. The van der Waals surface area contributed by atoms with Crippen molar-refractivity contribution < 1.29 is 33.7 Å². The van der Waals surface area contributed by atoms with Gasteiger partial charge in [0.05, 0.1) is 5.56 Å². The molecule has 3 aromatic rings. The second-order valence-corrected chi connectivity index (χ2v) is 5.06. The van der Waals surface area contributed by atoms with Gasteiger partial charge in [-0.1, -0.05) is 18.2 Å². The first-order valence-corrected chi connectivity index (χ1v) is 6.87. The maximum Gasteiger partial charge on any atom is 0.339 e.